The summed E-state index contributed by atoms with van der Waals surface area (Å²) in [5, 5.41) is 19.9. The third-order valence-electron chi connectivity index (χ3n) is 3.69. The van der Waals surface area contributed by atoms with Crippen LogP contribution in [0.15, 0.2) is 24.3 Å². The molecule has 0 spiro atoms. The van der Waals surface area contributed by atoms with E-state index in [0.29, 0.717) is 12.2 Å². The Morgan fingerprint density at radius 1 is 1.21 bits per heavy atom. The smallest absolute Gasteiger partial charge is 0.105 e. The second kappa shape index (κ2) is 7.29. The van der Waals surface area contributed by atoms with Crippen molar-refractivity contribution in [2.45, 2.75) is 38.0 Å². The summed E-state index contributed by atoms with van der Waals surface area (Å²) in [6, 6.07) is 7.92. The molecule has 2 N–H and O–H groups in total. The zero-order valence-electron chi connectivity index (χ0n) is 11.2. The number of likely N-dealkylation sites (tertiary alicyclic amines) is 1. The Kier molecular flexibility index (Phi) is 5.70. The Balaban J connectivity index is 2.01. The molecule has 0 saturated carbocycles. The van der Waals surface area contributed by atoms with E-state index in [1.807, 2.05) is 18.2 Å². The fourth-order valence-corrected chi connectivity index (χ4v) is 2.85. The van der Waals surface area contributed by atoms with Gasteiger partial charge in [-0.1, -0.05) is 24.3 Å². The summed E-state index contributed by atoms with van der Waals surface area (Å²) in [7, 11) is 0. The highest BCUT2D eigenvalue weighted by Gasteiger charge is 2.18. The topological polar surface area (TPSA) is 43.7 Å². The van der Waals surface area contributed by atoms with Crippen LogP contribution in [0.25, 0.3) is 0 Å². The number of thiol groups is 1. The fourth-order valence-electron chi connectivity index (χ4n) is 2.59. The predicted octanol–water partition coefficient (Wildman–Crippen LogP) is 2.00. The molecule has 2 rings (SSSR count). The SMILES string of the molecule is OC(CCS)C(O)c1cccc(CN2CCCC2)c1. The van der Waals surface area contributed by atoms with Gasteiger partial charge in [-0.3, -0.25) is 4.90 Å². The minimum Gasteiger partial charge on any atom is -0.390 e. The lowest BCUT2D eigenvalue weighted by molar-refractivity contribution is 0.0172. The van der Waals surface area contributed by atoms with Crippen LogP contribution in [0.2, 0.25) is 0 Å². The Morgan fingerprint density at radius 3 is 2.63 bits per heavy atom. The average Bonchev–Trinajstić information content (AvgIpc) is 2.91. The lowest BCUT2D eigenvalue weighted by atomic mass is 10.0. The molecule has 1 aromatic carbocycles. The van der Waals surface area contributed by atoms with E-state index < -0.39 is 12.2 Å². The molecule has 1 heterocycles. The van der Waals surface area contributed by atoms with Crippen LogP contribution in [-0.2, 0) is 6.54 Å². The molecule has 0 bridgehead atoms. The van der Waals surface area contributed by atoms with Gasteiger partial charge in [0.2, 0.25) is 0 Å². The van der Waals surface area contributed by atoms with Crippen molar-refractivity contribution in [1.29, 1.82) is 0 Å². The normalized spacial score (nSPS) is 19.5. The lowest BCUT2D eigenvalue weighted by Crippen LogP contribution is -2.20. The molecule has 1 saturated heterocycles. The number of nitrogens with zero attached hydrogens (tertiary/aromatic N) is 1. The van der Waals surface area contributed by atoms with Crippen molar-refractivity contribution in [3.63, 3.8) is 0 Å². The van der Waals surface area contributed by atoms with Crippen molar-refractivity contribution >= 4 is 12.6 Å². The van der Waals surface area contributed by atoms with Crippen LogP contribution < -0.4 is 0 Å². The van der Waals surface area contributed by atoms with Crippen LogP contribution in [0.5, 0.6) is 0 Å². The van der Waals surface area contributed by atoms with E-state index in [9.17, 15) is 10.2 Å². The number of hydrogen-bond donors (Lipinski definition) is 3. The van der Waals surface area contributed by atoms with Gasteiger partial charge in [-0.2, -0.15) is 12.6 Å². The van der Waals surface area contributed by atoms with Gasteiger partial charge >= 0.3 is 0 Å². The molecule has 0 aromatic heterocycles. The third-order valence-corrected chi connectivity index (χ3v) is 3.94. The molecule has 3 nitrogen and oxygen atoms in total. The van der Waals surface area contributed by atoms with E-state index in [2.05, 4.69) is 23.6 Å². The second-order valence-electron chi connectivity index (χ2n) is 5.25. The Hall–Kier alpha value is -0.550. The molecule has 106 valence electrons. The maximum Gasteiger partial charge on any atom is 0.105 e. The molecule has 0 radical (unpaired) electrons. The highest BCUT2D eigenvalue weighted by molar-refractivity contribution is 7.80. The summed E-state index contributed by atoms with van der Waals surface area (Å²) in [5.41, 5.74) is 2.00. The van der Waals surface area contributed by atoms with Gasteiger partial charge in [0.15, 0.2) is 0 Å². The largest absolute Gasteiger partial charge is 0.390 e. The van der Waals surface area contributed by atoms with Gasteiger partial charge in [0, 0.05) is 6.54 Å². The minimum absolute atomic E-state index is 0.501. The predicted molar refractivity (Wildman–Crippen MR) is 80.4 cm³/mol. The summed E-state index contributed by atoms with van der Waals surface area (Å²) < 4.78 is 0. The Morgan fingerprint density at radius 2 is 1.95 bits per heavy atom. The van der Waals surface area contributed by atoms with E-state index in [1.54, 1.807) is 0 Å². The highest BCUT2D eigenvalue weighted by atomic mass is 32.1. The second-order valence-corrected chi connectivity index (χ2v) is 5.70. The van der Waals surface area contributed by atoms with Crippen LogP contribution in [-0.4, -0.2) is 40.1 Å². The van der Waals surface area contributed by atoms with Gasteiger partial charge in [-0.15, -0.1) is 0 Å². The Labute approximate surface area is 120 Å². The molecule has 1 aliphatic rings. The standard InChI is InChI=1S/C15H23NO2S/c17-14(6-9-19)15(18)13-5-3-4-12(10-13)11-16-7-1-2-8-16/h3-5,10,14-15,17-19H,1-2,6-9,11H2. The van der Waals surface area contributed by atoms with Crippen molar-refractivity contribution in [1.82, 2.24) is 4.90 Å². The monoisotopic (exact) mass is 281 g/mol. The molecular weight excluding hydrogens is 258 g/mol. The van der Waals surface area contributed by atoms with Gasteiger partial charge in [0.25, 0.3) is 0 Å². The maximum atomic E-state index is 10.1. The quantitative estimate of drug-likeness (QED) is 0.699. The van der Waals surface area contributed by atoms with Gasteiger partial charge in [0.05, 0.1) is 6.10 Å². The first kappa shape index (κ1) is 14.9. The first-order chi connectivity index (χ1) is 9.20. The average molecular weight is 281 g/mol. The first-order valence-corrected chi connectivity index (χ1v) is 7.62. The summed E-state index contributed by atoms with van der Waals surface area (Å²) in [6.07, 6.45) is 1.51. The van der Waals surface area contributed by atoms with Crippen LogP contribution in [0.4, 0.5) is 0 Å². The van der Waals surface area contributed by atoms with Crippen LogP contribution in [0, 0.1) is 0 Å². The molecular formula is C15H23NO2S. The van der Waals surface area contributed by atoms with E-state index in [1.165, 1.54) is 18.4 Å². The molecule has 0 amide bonds. The van der Waals surface area contributed by atoms with Gasteiger partial charge < -0.3 is 10.2 Å². The summed E-state index contributed by atoms with van der Waals surface area (Å²) in [4.78, 5) is 2.43. The molecule has 19 heavy (non-hydrogen) atoms. The van der Waals surface area contributed by atoms with Crippen molar-refractivity contribution in [3.05, 3.63) is 35.4 Å². The van der Waals surface area contributed by atoms with Gasteiger partial charge in [-0.25, -0.2) is 0 Å². The van der Waals surface area contributed by atoms with E-state index >= 15 is 0 Å². The van der Waals surface area contributed by atoms with E-state index in [0.717, 1.165) is 25.2 Å². The third kappa shape index (κ3) is 4.21. The number of benzene rings is 1. The van der Waals surface area contributed by atoms with E-state index in [-0.39, 0.29) is 0 Å². The maximum absolute atomic E-state index is 10.1. The summed E-state index contributed by atoms with van der Waals surface area (Å²) in [6.45, 7) is 3.26. The zero-order chi connectivity index (χ0) is 13.7. The van der Waals surface area contributed by atoms with Crippen molar-refractivity contribution in [2.75, 3.05) is 18.8 Å². The number of rotatable bonds is 6. The zero-order valence-corrected chi connectivity index (χ0v) is 12.1. The fraction of sp³-hybridized carbons (Fsp3) is 0.600. The molecule has 2 atom stereocenters. The molecule has 1 fully saturated rings. The van der Waals surface area contributed by atoms with E-state index in [4.69, 9.17) is 0 Å². The molecule has 4 heteroatoms. The molecule has 0 aliphatic carbocycles. The van der Waals surface area contributed by atoms with Crippen molar-refractivity contribution in [3.8, 4) is 0 Å². The number of aliphatic hydroxyl groups is 2. The van der Waals surface area contributed by atoms with Crippen molar-refractivity contribution < 1.29 is 10.2 Å². The molecule has 2 unspecified atom stereocenters. The van der Waals surface area contributed by atoms with Crippen LogP contribution in [0.3, 0.4) is 0 Å². The highest BCUT2D eigenvalue weighted by Crippen LogP contribution is 2.21. The first-order valence-electron chi connectivity index (χ1n) is 6.99. The van der Waals surface area contributed by atoms with Crippen LogP contribution in [0.1, 0.15) is 36.5 Å². The number of hydrogen-bond acceptors (Lipinski definition) is 4. The molecule has 1 aromatic rings. The number of aliphatic hydroxyl groups excluding tert-OH is 2. The molecule has 1 aliphatic heterocycles. The summed E-state index contributed by atoms with van der Waals surface area (Å²) >= 11 is 4.09. The van der Waals surface area contributed by atoms with Crippen LogP contribution >= 0.6 is 12.6 Å². The summed E-state index contributed by atoms with van der Waals surface area (Å²) in [5.74, 6) is 0.575. The Bertz CT molecular complexity index is 393. The lowest BCUT2D eigenvalue weighted by Gasteiger charge is -2.19. The van der Waals surface area contributed by atoms with Gasteiger partial charge in [0.1, 0.15) is 6.10 Å². The van der Waals surface area contributed by atoms with Crippen molar-refractivity contribution in [2.24, 2.45) is 0 Å². The minimum atomic E-state index is -0.814. The van der Waals surface area contributed by atoms with Gasteiger partial charge in [-0.05, 0) is 49.2 Å².